The van der Waals surface area contributed by atoms with Crippen molar-refractivity contribution in [3.63, 3.8) is 0 Å². The lowest BCUT2D eigenvalue weighted by Gasteiger charge is -2.39. The third-order valence-corrected chi connectivity index (χ3v) is 6.38. The Morgan fingerprint density at radius 3 is 2.49 bits per heavy atom. The number of aliphatic hydroxyl groups excluding tert-OH is 1. The lowest BCUT2D eigenvalue weighted by Crippen LogP contribution is -2.52. The van der Waals surface area contributed by atoms with Gasteiger partial charge in [0.15, 0.2) is 0 Å². The third kappa shape index (κ3) is 5.34. The van der Waals surface area contributed by atoms with Gasteiger partial charge in [0, 0.05) is 30.3 Å². The van der Waals surface area contributed by atoms with Gasteiger partial charge in [0.2, 0.25) is 0 Å². The Morgan fingerprint density at radius 2 is 1.78 bits per heavy atom. The van der Waals surface area contributed by atoms with Crippen LogP contribution in [0, 0.1) is 12.7 Å². The molecular weight excluding hydrogens is 475 g/mol. The van der Waals surface area contributed by atoms with Crippen molar-refractivity contribution in [2.45, 2.75) is 45.9 Å². The molecule has 0 spiro atoms. The Balaban J connectivity index is 1.84. The molecule has 3 aromatic carbocycles. The fourth-order valence-corrected chi connectivity index (χ4v) is 4.51. The molecule has 1 unspecified atom stereocenters. The number of nitrogens with zero attached hydrogens (tertiary/aromatic N) is 1. The van der Waals surface area contributed by atoms with Crippen LogP contribution in [0.25, 0.3) is 11.1 Å². The van der Waals surface area contributed by atoms with Gasteiger partial charge in [0.25, 0.3) is 5.91 Å². The molecule has 0 bridgehead atoms. The zero-order valence-electron chi connectivity index (χ0n) is 22.0. The number of aryl methyl sites for hydroxylation is 1. The van der Waals surface area contributed by atoms with Crippen molar-refractivity contribution < 1.29 is 28.5 Å². The van der Waals surface area contributed by atoms with E-state index >= 15 is 0 Å². The second-order valence-corrected chi connectivity index (χ2v) is 9.82. The molecule has 0 fully saturated rings. The van der Waals surface area contributed by atoms with Crippen molar-refractivity contribution in [3.8, 4) is 28.4 Å². The normalized spacial score (nSPS) is 15.0. The molecule has 1 aliphatic rings. The minimum absolute atomic E-state index is 0.0887. The molecule has 0 aliphatic carbocycles. The molecule has 0 radical (unpaired) electrons. The molecule has 1 atom stereocenters. The van der Waals surface area contributed by atoms with Gasteiger partial charge in [-0.1, -0.05) is 12.1 Å². The maximum atomic E-state index is 14.0. The SMILES string of the molecule is COc1cc(OCC(C)O)ccc1-c1ccc2c(c1COc1cc(F)ccc1C)N(C)C(=O)C(C)(C)N2. The van der Waals surface area contributed by atoms with E-state index in [9.17, 15) is 14.3 Å². The predicted octanol–water partition coefficient (Wildman–Crippen LogP) is 5.32. The number of amides is 1. The van der Waals surface area contributed by atoms with Gasteiger partial charge in [-0.2, -0.15) is 0 Å². The summed E-state index contributed by atoms with van der Waals surface area (Å²) in [6.07, 6.45) is -0.605. The average Bonchev–Trinajstić information content (AvgIpc) is 2.86. The van der Waals surface area contributed by atoms with Crippen LogP contribution in [0.15, 0.2) is 48.5 Å². The Kier molecular flexibility index (Phi) is 7.32. The first-order valence-corrected chi connectivity index (χ1v) is 12.1. The molecule has 0 saturated carbocycles. The number of methoxy groups -OCH3 is 1. The number of hydrogen-bond donors (Lipinski definition) is 2. The van der Waals surface area contributed by atoms with Gasteiger partial charge in [-0.15, -0.1) is 0 Å². The van der Waals surface area contributed by atoms with Crippen LogP contribution in [0.3, 0.4) is 0 Å². The summed E-state index contributed by atoms with van der Waals surface area (Å²) in [5.74, 6) is 1.07. The number of carbonyl (C=O) groups is 1. The number of carbonyl (C=O) groups excluding carboxylic acids is 1. The highest BCUT2D eigenvalue weighted by molar-refractivity contribution is 6.08. The van der Waals surface area contributed by atoms with E-state index in [2.05, 4.69) is 5.32 Å². The standard InChI is InChI=1S/C29H33FN2O5/c1-17-7-8-19(30)13-25(17)37-16-23-21(11-12-24-27(23)32(5)28(34)29(3,4)31-24)22-10-9-20(14-26(22)35-6)36-15-18(2)33/h7-14,18,31,33H,15-16H2,1-6H3. The number of ether oxygens (including phenoxy) is 3. The quantitative estimate of drug-likeness (QED) is 0.429. The Hall–Kier alpha value is -3.78. The van der Waals surface area contributed by atoms with E-state index in [1.807, 2.05) is 39.0 Å². The van der Waals surface area contributed by atoms with Crippen molar-refractivity contribution in [1.29, 1.82) is 0 Å². The highest BCUT2D eigenvalue weighted by Gasteiger charge is 2.38. The fourth-order valence-electron chi connectivity index (χ4n) is 4.51. The number of likely N-dealkylation sites (N-methyl/N-ethyl adjacent to an activating group) is 1. The zero-order valence-corrected chi connectivity index (χ0v) is 22.0. The fraction of sp³-hybridized carbons (Fsp3) is 0.345. The molecule has 8 heteroatoms. The second-order valence-electron chi connectivity index (χ2n) is 9.82. The molecular formula is C29H33FN2O5. The smallest absolute Gasteiger partial charge is 0.251 e. The van der Waals surface area contributed by atoms with E-state index in [1.54, 1.807) is 44.2 Å². The lowest BCUT2D eigenvalue weighted by molar-refractivity contribution is -0.121. The number of halogens is 1. The van der Waals surface area contributed by atoms with Crippen molar-refractivity contribution in [3.05, 3.63) is 65.5 Å². The summed E-state index contributed by atoms with van der Waals surface area (Å²) in [5.41, 5.74) is 3.82. The molecule has 2 N–H and O–H groups in total. The molecule has 4 rings (SSSR count). The number of rotatable bonds is 8. The number of aliphatic hydroxyl groups is 1. The molecule has 0 saturated heterocycles. The van der Waals surface area contributed by atoms with Crippen LogP contribution >= 0.6 is 0 Å². The summed E-state index contributed by atoms with van der Waals surface area (Å²) in [4.78, 5) is 14.8. The minimum atomic E-state index is -0.777. The summed E-state index contributed by atoms with van der Waals surface area (Å²) < 4.78 is 31.4. The first-order chi connectivity index (χ1) is 17.5. The van der Waals surface area contributed by atoms with Crippen LogP contribution in [-0.4, -0.2) is 43.4 Å². The van der Waals surface area contributed by atoms with Crippen molar-refractivity contribution in [2.75, 3.05) is 31.0 Å². The monoisotopic (exact) mass is 508 g/mol. The molecule has 1 amide bonds. The molecule has 3 aromatic rings. The molecule has 37 heavy (non-hydrogen) atoms. The van der Waals surface area contributed by atoms with Crippen LogP contribution < -0.4 is 24.4 Å². The Morgan fingerprint density at radius 1 is 1.05 bits per heavy atom. The Labute approximate surface area is 216 Å². The van der Waals surface area contributed by atoms with E-state index in [1.165, 1.54) is 12.1 Å². The van der Waals surface area contributed by atoms with Gasteiger partial charge < -0.3 is 29.5 Å². The van der Waals surface area contributed by atoms with Gasteiger partial charge >= 0.3 is 0 Å². The lowest BCUT2D eigenvalue weighted by atomic mass is 9.91. The summed E-state index contributed by atoms with van der Waals surface area (Å²) in [6.45, 7) is 7.42. The number of benzene rings is 3. The topological polar surface area (TPSA) is 80.3 Å². The highest BCUT2D eigenvalue weighted by Crippen LogP contribution is 2.45. The van der Waals surface area contributed by atoms with E-state index in [0.717, 1.165) is 27.9 Å². The van der Waals surface area contributed by atoms with E-state index in [0.29, 0.717) is 22.9 Å². The third-order valence-electron chi connectivity index (χ3n) is 6.38. The summed E-state index contributed by atoms with van der Waals surface area (Å²) in [6, 6.07) is 13.7. The van der Waals surface area contributed by atoms with Crippen LogP contribution in [0.5, 0.6) is 17.2 Å². The maximum absolute atomic E-state index is 14.0. The largest absolute Gasteiger partial charge is 0.496 e. The molecule has 1 heterocycles. The molecule has 196 valence electrons. The summed E-state index contributed by atoms with van der Waals surface area (Å²) in [7, 11) is 3.32. The number of fused-ring (bicyclic) bond motifs is 1. The van der Waals surface area contributed by atoms with Gasteiger partial charge in [-0.05, 0) is 63.1 Å². The maximum Gasteiger partial charge on any atom is 0.251 e. The first-order valence-electron chi connectivity index (χ1n) is 12.1. The van der Waals surface area contributed by atoms with E-state index < -0.39 is 11.6 Å². The van der Waals surface area contributed by atoms with Crippen LogP contribution in [0.1, 0.15) is 31.9 Å². The molecule has 1 aliphatic heterocycles. The predicted molar refractivity (Wildman–Crippen MR) is 142 cm³/mol. The van der Waals surface area contributed by atoms with Gasteiger partial charge in [0.1, 0.15) is 41.8 Å². The van der Waals surface area contributed by atoms with E-state index in [4.69, 9.17) is 14.2 Å². The van der Waals surface area contributed by atoms with Gasteiger partial charge in [-0.3, -0.25) is 4.79 Å². The van der Waals surface area contributed by atoms with Gasteiger partial charge in [0.05, 0.1) is 24.6 Å². The number of nitrogens with one attached hydrogen (secondary N) is 1. The van der Waals surface area contributed by atoms with E-state index in [-0.39, 0.29) is 24.9 Å². The molecule has 7 nitrogen and oxygen atoms in total. The van der Waals surface area contributed by atoms with Crippen molar-refractivity contribution >= 4 is 17.3 Å². The van der Waals surface area contributed by atoms with Crippen molar-refractivity contribution in [2.24, 2.45) is 0 Å². The van der Waals surface area contributed by atoms with Gasteiger partial charge in [-0.25, -0.2) is 4.39 Å². The number of anilines is 2. The Bertz CT molecular complexity index is 1320. The first kappa shape index (κ1) is 26.3. The van der Waals surface area contributed by atoms with Crippen LogP contribution in [0.2, 0.25) is 0 Å². The summed E-state index contributed by atoms with van der Waals surface area (Å²) in [5, 5.41) is 12.9. The average molecular weight is 509 g/mol. The van der Waals surface area contributed by atoms with Crippen molar-refractivity contribution in [1.82, 2.24) is 0 Å². The zero-order chi connectivity index (χ0) is 26.9. The summed E-state index contributed by atoms with van der Waals surface area (Å²) >= 11 is 0. The highest BCUT2D eigenvalue weighted by atomic mass is 19.1. The molecule has 0 aromatic heterocycles. The number of hydrogen-bond acceptors (Lipinski definition) is 6. The minimum Gasteiger partial charge on any atom is -0.496 e. The van der Waals surface area contributed by atoms with Crippen LogP contribution in [0.4, 0.5) is 15.8 Å². The van der Waals surface area contributed by atoms with Crippen LogP contribution in [-0.2, 0) is 11.4 Å². The second kappa shape index (κ2) is 10.3.